The molecule has 1 heterocycles. The van der Waals surface area contributed by atoms with Crippen LogP contribution < -0.4 is 15.6 Å². The largest absolute Gasteiger partial charge is 0.476 e. The number of rotatable bonds is 6. The van der Waals surface area contributed by atoms with E-state index in [4.69, 9.17) is 4.74 Å². The minimum atomic E-state index is -0.131. The predicted octanol–water partition coefficient (Wildman–Crippen LogP) is 1.02. The molecule has 0 bridgehead atoms. The second-order valence-corrected chi connectivity index (χ2v) is 4.70. The number of hydrogen-bond donors (Lipinski definition) is 2. The Balaban J connectivity index is 1.89. The van der Waals surface area contributed by atoms with Crippen LogP contribution in [0.25, 0.3) is 0 Å². The van der Waals surface area contributed by atoms with Gasteiger partial charge in [-0.25, -0.2) is 0 Å². The summed E-state index contributed by atoms with van der Waals surface area (Å²) in [7, 11) is 0. The summed E-state index contributed by atoms with van der Waals surface area (Å²) in [5.41, 5.74) is -0.131. The van der Waals surface area contributed by atoms with Gasteiger partial charge in [-0.15, -0.1) is 0 Å². The monoisotopic (exact) mass is 237 g/mol. The second-order valence-electron chi connectivity index (χ2n) is 4.70. The number of hydrogen-bond acceptors (Lipinski definition) is 4. The third kappa shape index (κ3) is 3.85. The number of ether oxygens (including phenoxy) is 1. The fourth-order valence-electron chi connectivity index (χ4n) is 1.58. The highest BCUT2D eigenvalue weighted by Crippen LogP contribution is 2.37. The Morgan fingerprint density at radius 3 is 3.00 bits per heavy atom. The van der Waals surface area contributed by atoms with Gasteiger partial charge in [0.1, 0.15) is 12.4 Å². The number of nitrogens with one attached hydrogen (secondary N) is 2. The van der Waals surface area contributed by atoms with Crippen molar-refractivity contribution in [2.24, 2.45) is 0 Å². The van der Waals surface area contributed by atoms with E-state index in [1.54, 1.807) is 0 Å². The summed E-state index contributed by atoms with van der Waals surface area (Å²) in [5.74, 6) is 1.63. The lowest BCUT2D eigenvalue weighted by Crippen LogP contribution is -2.28. The van der Waals surface area contributed by atoms with Gasteiger partial charge in [-0.2, -0.15) is 4.98 Å². The SMILES string of the molecule is CC(C)NCCOc1cc(=O)[nH]c(C2CC2)n1. The van der Waals surface area contributed by atoms with E-state index in [-0.39, 0.29) is 5.56 Å². The van der Waals surface area contributed by atoms with Crippen molar-refractivity contribution in [3.8, 4) is 5.88 Å². The van der Waals surface area contributed by atoms with E-state index >= 15 is 0 Å². The number of H-pyrrole nitrogens is 1. The average Bonchev–Trinajstić information content (AvgIpc) is 3.07. The molecule has 1 aliphatic rings. The lowest BCUT2D eigenvalue weighted by molar-refractivity contribution is 0.296. The summed E-state index contributed by atoms with van der Waals surface area (Å²) in [5, 5.41) is 3.24. The summed E-state index contributed by atoms with van der Waals surface area (Å²) in [6.07, 6.45) is 2.22. The molecule has 17 heavy (non-hydrogen) atoms. The van der Waals surface area contributed by atoms with E-state index in [9.17, 15) is 4.79 Å². The van der Waals surface area contributed by atoms with Gasteiger partial charge in [0, 0.05) is 18.5 Å². The van der Waals surface area contributed by atoms with Gasteiger partial charge in [-0.1, -0.05) is 13.8 Å². The Bertz CT molecular complexity index is 424. The molecule has 0 radical (unpaired) electrons. The van der Waals surface area contributed by atoms with Gasteiger partial charge >= 0.3 is 0 Å². The molecule has 5 heteroatoms. The fourth-order valence-corrected chi connectivity index (χ4v) is 1.58. The maximum absolute atomic E-state index is 11.4. The molecule has 0 atom stereocenters. The Hall–Kier alpha value is -1.36. The fraction of sp³-hybridized carbons (Fsp3) is 0.667. The van der Waals surface area contributed by atoms with Gasteiger partial charge in [0.05, 0.1) is 6.07 Å². The Kier molecular flexibility index (Phi) is 3.78. The van der Waals surface area contributed by atoms with E-state index in [1.165, 1.54) is 6.07 Å². The normalized spacial score (nSPS) is 15.2. The van der Waals surface area contributed by atoms with Crippen molar-refractivity contribution in [2.75, 3.05) is 13.2 Å². The summed E-state index contributed by atoms with van der Waals surface area (Å²) in [6, 6.07) is 1.84. The minimum Gasteiger partial charge on any atom is -0.476 e. The molecule has 1 saturated carbocycles. The highest BCUT2D eigenvalue weighted by Gasteiger charge is 2.26. The van der Waals surface area contributed by atoms with Crippen LogP contribution in [0.5, 0.6) is 5.88 Å². The number of aromatic nitrogens is 2. The Labute approximate surface area is 101 Å². The third-order valence-corrected chi connectivity index (χ3v) is 2.61. The molecule has 94 valence electrons. The minimum absolute atomic E-state index is 0.131. The first-order chi connectivity index (χ1) is 8.15. The summed E-state index contributed by atoms with van der Waals surface area (Å²) in [6.45, 7) is 5.44. The molecule has 1 aliphatic carbocycles. The molecular formula is C12H19N3O2. The molecule has 2 rings (SSSR count). The van der Waals surface area contributed by atoms with Crippen LogP contribution in [0.4, 0.5) is 0 Å². The van der Waals surface area contributed by atoms with Gasteiger partial charge in [-0.05, 0) is 12.8 Å². The molecule has 1 fully saturated rings. The molecule has 0 aromatic carbocycles. The van der Waals surface area contributed by atoms with Crippen LogP contribution in [-0.4, -0.2) is 29.2 Å². The average molecular weight is 237 g/mol. The van der Waals surface area contributed by atoms with Crippen LogP contribution in [0.15, 0.2) is 10.9 Å². The number of nitrogens with zero attached hydrogens (tertiary/aromatic N) is 1. The summed E-state index contributed by atoms with van der Waals surface area (Å²) >= 11 is 0. The van der Waals surface area contributed by atoms with Crippen LogP contribution in [-0.2, 0) is 0 Å². The van der Waals surface area contributed by atoms with Gasteiger partial charge in [0.25, 0.3) is 5.56 Å². The molecule has 0 spiro atoms. The lowest BCUT2D eigenvalue weighted by Gasteiger charge is -2.09. The van der Waals surface area contributed by atoms with E-state index in [0.717, 1.165) is 25.2 Å². The van der Waals surface area contributed by atoms with Crippen LogP contribution in [0.1, 0.15) is 38.4 Å². The van der Waals surface area contributed by atoms with E-state index < -0.39 is 0 Å². The van der Waals surface area contributed by atoms with Crippen molar-refractivity contribution >= 4 is 0 Å². The lowest BCUT2D eigenvalue weighted by atomic mass is 10.4. The summed E-state index contributed by atoms with van der Waals surface area (Å²) < 4.78 is 5.46. The van der Waals surface area contributed by atoms with Crippen molar-refractivity contribution in [1.82, 2.24) is 15.3 Å². The molecular weight excluding hydrogens is 218 g/mol. The molecule has 1 aromatic rings. The maximum Gasteiger partial charge on any atom is 0.254 e. The Morgan fingerprint density at radius 1 is 1.59 bits per heavy atom. The molecule has 2 N–H and O–H groups in total. The third-order valence-electron chi connectivity index (χ3n) is 2.61. The van der Waals surface area contributed by atoms with Crippen molar-refractivity contribution in [2.45, 2.75) is 38.6 Å². The molecule has 5 nitrogen and oxygen atoms in total. The first-order valence-corrected chi connectivity index (χ1v) is 6.12. The first kappa shape index (κ1) is 12.1. The molecule has 0 aliphatic heterocycles. The van der Waals surface area contributed by atoms with Crippen molar-refractivity contribution < 1.29 is 4.74 Å². The smallest absolute Gasteiger partial charge is 0.254 e. The van der Waals surface area contributed by atoms with E-state index in [1.807, 2.05) is 0 Å². The van der Waals surface area contributed by atoms with Gasteiger partial charge in [0.15, 0.2) is 0 Å². The van der Waals surface area contributed by atoms with Crippen LogP contribution in [0.2, 0.25) is 0 Å². The van der Waals surface area contributed by atoms with Gasteiger partial charge in [-0.3, -0.25) is 4.79 Å². The highest BCUT2D eigenvalue weighted by molar-refractivity contribution is 5.14. The van der Waals surface area contributed by atoms with Crippen LogP contribution >= 0.6 is 0 Å². The zero-order valence-corrected chi connectivity index (χ0v) is 10.3. The predicted molar refractivity (Wildman–Crippen MR) is 65.5 cm³/mol. The van der Waals surface area contributed by atoms with Gasteiger partial charge in [0.2, 0.25) is 5.88 Å². The van der Waals surface area contributed by atoms with Crippen molar-refractivity contribution in [1.29, 1.82) is 0 Å². The molecule has 0 unspecified atom stereocenters. The quantitative estimate of drug-likeness (QED) is 0.725. The molecule has 0 amide bonds. The highest BCUT2D eigenvalue weighted by atomic mass is 16.5. The molecule has 0 saturated heterocycles. The van der Waals surface area contributed by atoms with E-state index in [2.05, 4.69) is 29.1 Å². The molecule has 1 aromatic heterocycles. The second kappa shape index (κ2) is 5.31. The Morgan fingerprint density at radius 2 is 2.35 bits per heavy atom. The van der Waals surface area contributed by atoms with Crippen LogP contribution in [0, 0.1) is 0 Å². The van der Waals surface area contributed by atoms with Crippen molar-refractivity contribution in [3.05, 3.63) is 22.2 Å². The number of aromatic amines is 1. The zero-order valence-electron chi connectivity index (χ0n) is 10.3. The summed E-state index contributed by atoms with van der Waals surface area (Å²) in [4.78, 5) is 18.5. The van der Waals surface area contributed by atoms with Gasteiger partial charge < -0.3 is 15.0 Å². The first-order valence-electron chi connectivity index (χ1n) is 6.12. The maximum atomic E-state index is 11.4. The topological polar surface area (TPSA) is 67.0 Å². The van der Waals surface area contributed by atoms with Crippen LogP contribution in [0.3, 0.4) is 0 Å². The van der Waals surface area contributed by atoms with Crippen molar-refractivity contribution in [3.63, 3.8) is 0 Å². The zero-order chi connectivity index (χ0) is 12.3. The standard InChI is InChI=1S/C12H19N3O2/c1-8(2)13-5-6-17-11-7-10(16)14-12(15-11)9-3-4-9/h7-9,13H,3-6H2,1-2H3,(H,14,15,16). The van der Waals surface area contributed by atoms with E-state index in [0.29, 0.717) is 24.4 Å².